The Balaban J connectivity index is 1.75. The Hall–Kier alpha value is -4.77. The lowest BCUT2D eigenvalue weighted by Crippen LogP contribution is -2.08. The van der Waals surface area contributed by atoms with Gasteiger partial charge in [-0.05, 0) is 50.1 Å². The van der Waals surface area contributed by atoms with E-state index in [2.05, 4.69) is 9.97 Å². The number of rotatable bonds is 8. The molecule has 0 radical (unpaired) electrons. The molecule has 0 aliphatic carbocycles. The number of nitriles is 1. The van der Waals surface area contributed by atoms with Crippen LogP contribution in [-0.4, -0.2) is 38.1 Å². The van der Waals surface area contributed by atoms with Crippen molar-refractivity contribution in [1.29, 1.82) is 5.26 Å². The summed E-state index contributed by atoms with van der Waals surface area (Å²) < 4.78 is 6.88. The summed E-state index contributed by atoms with van der Waals surface area (Å²) in [5.74, 6) is -1.02. The van der Waals surface area contributed by atoms with E-state index in [1.807, 2.05) is 42.5 Å². The van der Waals surface area contributed by atoms with Gasteiger partial charge in [-0.15, -0.1) is 0 Å². The van der Waals surface area contributed by atoms with E-state index >= 15 is 0 Å². The van der Waals surface area contributed by atoms with E-state index in [0.717, 1.165) is 11.1 Å². The maximum absolute atomic E-state index is 13.4. The van der Waals surface area contributed by atoms with Gasteiger partial charge in [0, 0.05) is 35.4 Å². The fourth-order valence-electron chi connectivity index (χ4n) is 4.05. The smallest absolute Gasteiger partial charge is 0.340 e. The molecule has 1 aromatic carbocycles. The topological polar surface area (TPSA) is 114 Å². The number of allylic oxidation sites excluding steroid dienone is 1. The number of nitrogens with one attached hydrogen (secondary N) is 1. The number of pyridine rings is 1. The van der Waals surface area contributed by atoms with Crippen molar-refractivity contribution in [3.8, 4) is 17.3 Å². The average Bonchev–Trinajstić information content (AvgIpc) is 3.42. The van der Waals surface area contributed by atoms with E-state index in [1.54, 1.807) is 50.1 Å². The summed E-state index contributed by atoms with van der Waals surface area (Å²) >= 11 is 0. The van der Waals surface area contributed by atoms with Gasteiger partial charge in [-0.25, -0.2) is 4.79 Å². The number of hydrogen-bond acceptors (Lipinski definition) is 6. The highest BCUT2D eigenvalue weighted by Gasteiger charge is 2.25. The second kappa shape index (κ2) is 10.7. The van der Waals surface area contributed by atoms with Crippen molar-refractivity contribution in [1.82, 2.24) is 19.7 Å². The number of hydrogen-bond donors (Lipinski definition) is 1. The van der Waals surface area contributed by atoms with Gasteiger partial charge in [0.25, 0.3) is 0 Å². The van der Waals surface area contributed by atoms with Crippen molar-refractivity contribution in [2.45, 2.75) is 27.3 Å². The number of aryl methyl sites for hydroxylation is 1. The highest BCUT2D eigenvalue weighted by molar-refractivity contribution is 6.15. The zero-order valence-corrected chi connectivity index (χ0v) is 20.3. The normalized spacial score (nSPS) is 11.2. The summed E-state index contributed by atoms with van der Waals surface area (Å²) in [6, 6.07) is 15.6. The molecule has 0 atom stereocenters. The van der Waals surface area contributed by atoms with Gasteiger partial charge >= 0.3 is 5.97 Å². The van der Waals surface area contributed by atoms with Gasteiger partial charge in [0.15, 0.2) is 0 Å². The van der Waals surface area contributed by atoms with Gasteiger partial charge in [0.05, 0.1) is 24.4 Å². The number of benzene rings is 1. The summed E-state index contributed by atoms with van der Waals surface area (Å²) in [5, 5.41) is 14.6. The monoisotopic (exact) mass is 479 g/mol. The van der Waals surface area contributed by atoms with Gasteiger partial charge in [0.2, 0.25) is 5.78 Å². The predicted octanol–water partition coefficient (Wildman–Crippen LogP) is 4.90. The first-order chi connectivity index (χ1) is 17.4. The number of esters is 1. The minimum Gasteiger partial charge on any atom is -0.462 e. The van der Waals surface area contributed by atoms with Gasteiger partial charge in [0.1, 0.15) is 17.3 Å². The Labute approximate surface area is 208 Å². The Morgan fingerprint density at radius 3 is 2.61 bits per heavy atom. The maximum Gasteiger partial charge on any atom is 0.340 e. The molecular weight excluding hydrogens is 454 g/mol. The molecule has 1 N–H and O–H groups in total. The Kier molecular flexibility index (Phi) is 7.21. The van der Waals surface area contributed by atoms with Crippen LogP contribution in [0.5, 0.6) is 0 Å². The summed E-state index contributed by atoms with van der Waals surface area (Å²) in [7, 11) is 0. The van der Waals surface area contributed by atoms with Crippen molar-refractivity contribution in [3.05, 3.63) is 100 Å². The molecule has 3 aromatic heterocycles. The molecule has 0 spiro atoms. The quantitative estimate of drug-likeness (QED) is 0.166. The minimum atomic E-state index is -0.512. The highest BCUT2D eigenvalue weighted by atomic mass is 16.5. The first-order valence-electron chi connectivity index (χ1n) is 11.5. The number of aromatic nitrogens is 4. The van der Waals surface area contributed by atoms with Crippen LogP contribution in [0.15, 0.2) is 66.6 Å². The van der Waals surface area contributed by atoms with E-state index in [9.17, 15) is 14.9 Å². The third-order valence-electron chi connectivity index (χ3n) is 5.72. The average molecular weight is 480 g/mol. The summed E-state index contributed by atoms with van der Waals surface area (Å²) in [5.41, 5.74) is 4.40. The molecule has 0 bridgehead atoms. The molecule has 0 aliphatic rings. The molecule has 4 aromatic rings. The van der Waals surface area contributed by atoms with Crippen LogP contribution in [0, 0.1) is 25.2 Å². The molecule has 0 aliphatic heterocycles. The fraction of sp³-hybridized carbons (Fsp3) is 0.179. The molecule has 8 nitrogen and oxygen atoms in total. The van der Waals surface area contributed by atoms with Crippen LogP contribution >= 0.6 is 0 Å². The number of Topliss-reactive ketones (excluding diaryl/α,β-unsaturated/α-hetero) is 1. The molecule has 8 heteroatoms. The number of nitrogens with zero attached hydrogens (tertiary/aromatic N) is 4. The lowest BCUT2D eigenvalue weighted by molar-refractivity contribution is 0.0525. The Morgan fingerprint density at radius 1 is 1.17 bits per heavy atom. The van der Waals surface area contributed by atoms with Gasteiger partial charge in [-0.2, -0.15) is 10.4 Å². The number of aromatic amines is 1. The van der Waals surface area contributed by atoms with Crippen molar-refractivity contribution in [2.75, 3.05) is 6.61 Å². The lowest BCUT2D eigenvalue weighted by atomic mass is 10.0. The van der Waals surface area contributed by atoms with Crippen LogP contribution in [-0.2, 0) is 11.3 Å². The second-order valence-corrected chi connectivity index (χ2v) is 8.20. The van der Waals surface area contributed by atoms with Crippen molar-refractivity contribution >= 4 is 17.8 Å². The largest absolute Gasteiger partial charge is 0.462 e. The van der Waals surface area contributed by atoms with Crippen LogP contribution in [0.2, 0.25) is 0 Å². The molecule has 36 heavy (non-hydrogen) atoms. The van der Waals surface area contributed by atoms with E-state index in [-0.39, 0.29) is 17.9 Å². The third-order valence-corrected chi connectivity index (χ3v) is 5.72. The number of ketones is 1. The third kappa shape index (κ3) is 5.00. The fourth-order valence-corrected chi connectivity index (χ4v) is 4.05. The number of carbonyl (C=O) groups excluding carboxylic acids is 2. The molecule has 0 fully saturated rings. The molecule has 0 saturated carbocycles. The predicted molar refractivity (Wildman–Crippen MR) is 135 cm³/mol. The van der Waals surface area contributed by atoms with Gasteiger partial charge in [-0.3, -0.25) is 14.5 Å². The van der Waals surface area contributed by atoms with E-state index in [4.69, 9.17) is 9.84 Å². The summed E-state index contributed by atoms with van der Waals surface area (Å²) in [4.78, 5) is 32.9. The minimum absolute atomic E-state index is 0.0841. The summed E-state index contributed by atoms with van der Waals surface area (Å²) in [6.07, 6.45) is 6.68. The lowest BCUT2D eigenvalue weighted by Gasteiger charge is -2.03. The number of carbonyl (C=O) groups is 2. The van der Waals surface area contributed by atoms with Crippen LogP contribution < -0.4 is 0 Å². The highest BCUT2D eigenvalue weighted by Crippen LogP contribution is 2.26. The zero-order valence-electron chi connectivity index (χ0n) is 20.3. The molecular formula is C28H25N5O3. The van der Waals surface area contributed by atoms with Gasteiger partial charge in [-0.1, -0.05) is 30.3 Å². The first kappa shape index (κ1) is 24.4. The molecule has 0 unspecified atom stereocenters. The van der Waals surface area contributed by atoms with Crippen LogP contribution in [0.4, 0.5) is 0 Å². The SMILES string of the molecule is CCOC(=O)c1c(C)[nH]c(C(=O)C(C#N)=Cc2cn(Cc3ccccc3)nc2-c2cccnc2)c1C. The number of H-pyrrole nitrogens is 1. The molecule has 4 rings (SSSR count). The van der Waals surface area contributed by atoms with E-state index < -0.39 is 11.8 Å². The van der Waals surface area contributed by atoms with Crippen LogP contribution in [0.1, 0.15) is 50.2 Å². The second-order valence-electron chi connectivity index (χ2n) is 8.20. The van der Waals surface area contributed by atoms with Crippen LogP contribution in [0.3, 0.4) is 0 Å². The Morgan fingerprint density at radius 2 is 1.94 bits per heavy atom. The standard InChI is InChI=1S/C28H25N5O3/c1-4-36-28(35)24-18(2)25(31-19(24)3)27(34)22(14-29)13-23-17-33(16-20-9-6-5-7-10-20)32-26(23)21-11-8-12-30-15-21/h5-13,15,17,31H,4,16H2,1-3H3. The van der Waals surface area contributed by atoms with Gasteiger partial charge < -0.3 is 9.72 Å². The van der Waals surface area contributed by atoms with Crippen molar-refractivity contribution < 1.29 is 14.3 Å². The van der Waals surface area contributed by atoms with Crippen LogP contribution in [0.25, 0.3) is 17.3 Å². The summed E-state index contributed by atoms with van der Waals surface area (Å²) in [6.45, 7) is 5.82. The molecule has 0 saturated heterocycles. The zero-order chi connectivity index (χ0) is 25.7. The van der Waals surface area contributed by atoms with Crippen molar-refractivity contribution in [2.24, 2.45) is 0 Å². The maximum atomic E-state index is 13.4. The van der Waals surface area contributed by atoms with Crippen molar-refractivity contribution in [3.63, 3.8) is 0 Å². The molecule has 3 heterocycles. The Bertz CT molecular complexity index is 1470. The molecule has 180 valence electrons. The van der Waals surface area contributed by atoms with E-state index in [0.29, 0.717) is 34.6 Å². The first-order valence-corrected chi connectivity index (χ1v) is 11.5. The van der Waals surface area contributed by atoms with E-state index in [1.165, 1.54) is 6.08 Å². The molecule has 0 amide bonds. The number of ether oxygens (including phenoxy) is 1.